The zero-order chi connectivity index (χ0) is 16.2. The summed E-state index contributed by atoms with van der Waals surface area (Å²) in [6.07, 6.45) is 1.32. The average molecular weight is 317 g/mol. The van der Waals surface area contributed by atoms with Crippen molar-refractivity contribution in [3.05, 3.63) is 30.2 Å². The Bertz CT molecular complexity index is 660. The van der Waals surface area contributed by atoms with E-state index < -0.39 is 5.97 Å². The molecule has 0 spiro atoms. The van der Waals surface area contributed by atoms with Gasteiger partial charge in [-0.1, -0.05) is 5.16 Å². The van der Waals surface area contributed by atoms with Crippen LogP contribution in [0.3, 0.4) is 0 Å². The monoisotopic (exact) mass is 317 g/mol. The molecule has 0 unspecified atom stereocenters. The number of hydrogen-bond donors (Lipinski definition) is 1. The van der Waals surface area contributed by atoms with E-state index in [0.29, 0.717) is 31.1 Å². The van der Waals surface area contributed by atoms with Crippen LogP contribution in [0.2, 0.25) is 0 Å². The van der Waals surface area contributed by atoms with Gasteiger partial charge in [0.05, 0.1) is 19.6 Å². The summed E-state index contributed by atoms with van der Waals surface area (Å²) >= 11 is 0. The number of benzene rings is 1. The highest BCUT2D eigenvalue weighted by Gasteiger charge is 2.25. The molecule has 2 aromatic rings. The molecule has 0 atom stereocenters. The summed E-state index contributed by atoms with van der Waals surface area (Å²) in [5.74, 6) is 0.930. The van der Waals surface area contributed by atoms with E-state index in [2.05, 4.69) is 15.0 Å². The normalized spacial score (nSPS) is 16.4. The largest absolute Gasteiger partial charge is 0.497 e. The van der Waals surface area contributed by atoms with E-state index in [1.807, 2.05) is 24.3 Å². The number of ether oxygens (including phenoxy) is 1. The van der Waals surface area contributed by atoms with Gasteiger partial charge in [0.1, 0.15) is 5.75 Å². The molecule has 1 N–H and O–H groups in total. The molecule has 122 valence electrons. The minimum atomic E-state index is -0.704. The minimum Gasteiger partial charge on any atom is -0.497 e. The van der Waals surface area contributed by atoms with Crippen molar-refractivity contribution in [3.63, 3.8) is 0 Å². The lowest BCUT2D eigenvalue weighted by atomic mass is 9.97. The number of carboxylic acids is 1. The molecule has 0 radical (unpaired) electrons. The third-order valence-corrected chi connectivity index (χ3v) is 4.11. The fraction of sp³-hybridized carbons (Fsp3) is 0.438. The molecule has 23 heavy (non-hydrogen) atoms. The quantitative estimate of drug-likeness (QED) is 0.902. The van der Waals surface area contributed by atoms with Crippen LogP contribution in [-0.4, -0.2) is 46.3 Å². The zero-order valence-corrected chi connectivity index (χ0v) is 12.9. The van der Waals surface area contributed by atoms with Crippen LogP contribution in [-0.2, 0) is 11.3 Å². The number of hydrogen-bond acceptors (Lipinski definition) is 6. The molecule has 1 fully saturated rings. The van der Waals surface area contributed by atoms with E-state index in [-0.39, 0.29) is 5.92 Å². The maximum Gasteiger partial charge on any atom is 0.306 e. The fourth-order valence-corrected chi connectivity index (χ4v) is 2.71. The van der Waals surface area contributed by atoms with Gasteiger partial charge < -0.3 is 14.4 Å². The van der Waals surface area contributed by atoms with Crippen molar-refractivity contribution in [2.75, 3.05) is 20.2 Å². The van der Waals surface area contributed by atoms with Crippen molar-refractivity contribution < 1.29 is 19.2 Å². The van der Waals surface area contributed by atoms with Gasteiger partial charge in [-0.05, 0) is 50.2 Å². The molecule has 0 aliphatic carbocycles. The Morgan fingerprint density at radius 3 is 2.65 bits per heavy atom. The van der Waals surface area contributed by atoms with Gasteiger partial charge in [0.15, 0.2) is 0 Å². The summed E-state index contributed by atoms with van der Waals surface area (Å²) in [4.78, 5) is 17.5. The van der Waals surface area contributed by atoms with Crippen molar-refractivity contribution in [2.24, 2.45) is 5.92 Å². The number of piperidine rings is 1. The number of methoxy groups -OCH3 is 1. The summed E-state index contributed by atoms with van der Waals surface area (Å²) in [6, 6.07) is 7.46. The topological polar surface area (TPSA) is 88.7 Å². The van der Waals surface area contributed by atoms with Gasteiger partial charge in [-0.15, -0.1) is 0 Å². The summed E-state index contributed by atoms with van der Waals surface area (Å²) in [5, 5.41) is 13.0. The Labute approximate surface area is 133 Å². The van der Waals surface area contributed by atoms with Crippen molar-refractivity contribution in [2.45, 2.75) is 19.4 Å². The fourth-order valence-electron chi connectivity index (χ4n) is 2.71. The summed E-state index contributed by atoms with van der Waals surface area (Å²) in [6.45, 7) is 2.02. The van der Waals surface area contributed by atoms with E-state index in [1.54, 1.807) is 7.11 Å². The van der Waals surface area contributed by atoms with Gasteiger partial charge in [-0.2, -0.15) is 4.98 Å². The SMILES string of the molecule is COc1ccc(-c2noc(CN3CCC(C(=O)O)CC3)n2)cc1. The van der Waals surface area contributed by atoms with Crippen LogP contribution >= 0.6 is 0 Å². The van der Waals surface area contributed by atoms with Crippen molar-refractivity contribution >= 4 is 5.97 Å². The van der Waals surface area contributed by atoms with Gasteiger partial charge >= 0.3 is 5.97 Å². The van der Waals surface area contributed by atoms with Crippen LogP contribution in [0.15, 0.2) is 28.8 Å². The highest BCUT2D eigenvalue weighted by atomic mass is 16.5. The molecule has 0 saturated carbocycles. The lowest BCUT2D eigenvalue weighted by molar-refractivity contribution is -0.143. The Morgan fingerprint density at radius 2 is 2.04 bits per heavy atom. The molecule has 7 heteroatoms. The van der Waals surface area contributed by atoms with Crippen LogP contribution in [0.4, 0.5) is 0 Å². The van der Waals surface area contributed by atoms with E-state index in [4.69, 9.17) is 14.4 Å². The summed E-state index contributed by atoms with van der Waals surface area (Å²) in [5.41, 5.74) is 0.866. The molecule has 1 saturated heterocycles. The van der Waals surface area contributed by atoms with E-state index in [1.165, 1.54) is 0 Å². The predicted octanol–water partition coefficient (Wildman–Crippen LogP) is 2.04. The summed E-state index contributed by atoms with van der Waals surface area (Å²) < 4.78 is 10.4. The molecule has 3 rings (SSSR count). The lowest BCUT2D eigenvalue weighted by Crippen LogP contribution is -2.35. The van der Waals surface area contributed by atoms with Gasteiger partial charge in [-0.3, -0.25) is 9.69 Å². The van der Waals surface area contributed by atoms with Crippen LogP contribution in [0.5, 0.6) is 5.75 Å². The van der Waals surface area contributed by atoms with Crippen LogP contribution in [0, 0.1) is 5.92 Å². The van der Waals surface area contributed by atoms with E-state index in [0.717, 1.165) is 24.4 Å². The third-order valence-electron chi connectivity index (χ3n) is 4.11. The minimum absolute atomic E-state index is 0.233. The van der Waals surface area contributed by atoms with Gasteiger partial charge in [0, 0.05) is 5.56 Å². The first-order chi connectivity index (χ1) is 11.2. The van der Waals surface area contributed by atoms with Crippen molar-refractivity contribution in [1.29, 1.82) is 0 Å². The first-order valence-corrected chi connectivity index (χ1v) is 7.58. The molecule has 1 aromatic heterocycles. The van der Waals surface area contributed by atoms with Gasteiger partial charge in [-0.25, -0.2) is 0 Å². The second-order valence-corrected chi connectivity index (χ2v) is 5.63. The smallest absolute Gasteiger partial charge is 0.306 e. The second-order valence-electron chi connectivity index (χ2n) is 5.63. The number of carboxylic acid groups (broad SMARTS) is 1. The van der Waals surface area contributed by atoms with E-state index in [9.17, 15) is 4.79 Å². The first kappa shape index (κ1) is 15.5. The third kappa shape index (κ3) is 3.68. The number of likely N-dealkylation sites (tertiary alicyclic amines) is 1. The molecule has 2 heterocycles. The van der Waals surface area contributed by atoms with Crippen LogP contribution < -0.4 is 4.74 Å². The van der Waals surface area contributed by atoms with Gasteiger partial charge in [0.25, 0.3) is 0 Å². The van der Waals surface area contributed by atoms with Crippen molar-refractivity contribution in [3.8, 4) is 17.1 Å². The highest BCUT2D eigenvalue weighted by molar-refractivity contribution is 5.70. The van der Waals surface area contributed by atoms with Crippen LogP contribution in [0.25, 0.3) is 11.4 Å². The predicted molar refractivity (Wildman–Crippen MR) is 81.9 cm³/mol. The Kier molecular flexibility index (Phi) is 4.57. The molecule has 0 amide bonds. The Balaban J connectivity index is 1.60. The standard InChI is InChI=1S/C16H19N3O4/c1-22-13-4-2-11(3-5-13)15-17-14(23-18-15)10-19-8-6-12(7-9-19)16(20)21/h2-5,12H,6-10H2,1H3,(H,20,21). The Hall–Kier alpha value is -2.41. The lowest BCUT2D eigenvalue weighted by Gasteiger charge is -2.28. The van der Waals surface area contributed by atoms with Crippen LogP contribution in [0.1, 0.15) is 18.7 Å². The zero-order valence-electron chi connectivity index (χ0n) is 12.9. The number of rotatable bonds is 5. The maximum absolute atomic E-state index is 11.0. The highest BCUT2D eigenvalue weighted by Crippen LogP contribution is 2.22. The van der Waals surface area contributed by atoms with E-state index >= 15 is 0 Å². The first-order valence-electron chi connectivity index (χ1n) is 7.58. The number of aromatic nitrogens is 2. The molecule has 0 bridgehead atoms. The molecule has 1 aromatic carbocycles. The number of nitrogens with zero attached hydrogens (tertiary/aromatic N) is 3. The molecular weight excluding hydrogens is 298 g/mol. The molecular formula is C16H19N3O4. The number of carbonyl (C=O) groups is 1. The maximum atomic E-state index is 11.0. The number of aliphatic carboxylic acids is 1. The second kappa shape index (κ2) is 6.78. The van der Waals surface area contributed by atoms with Crippen molar-refractivity contribution in [1.82, 2.24) is 15.0 Å². The average Bonchev–Trinajstić information content (AvgIpc) is 3.04. The summed E-state index contributed by atoms with van der Waals surface area (Å²) in [7, 11) is 1.62. The molecule has 7 nitrogen and oxygen atoms in total. The Morgan fingerprint density at radius 1 is 1.35 bits per heavy atom. The van der Waals surface area contributed by atoms with Gasteiger partial charge in [0.2, 0.25) is 11.7 Å². The molecule has 1 aliphatic heterocycles. The molecule has 1 aliphatic rings.